The molecule has 1 aromatic heterocycles. The number of rotatable bonds is 7. The lowest BCUT2D eigenvalue weighted by Gasteiger charge is -2.31. The minimum Gasteiger partial charge on any atom is -0.497 e. The highest BCUT2D eigenvalue weighted by molar-refractivity contribution is 7.80. The van der Waals surface area contributed by atoms with Crippen LogP contribution in [-0.4, -0.2) is 48.4 Å². The van der Waals surface area contributed by atoms with Gasteiger partial charge in [0.15, 0.2) is 5.11 Å². The second-order valence-electron chi connectivity index (χ2n) is 6.87. The first-order valence-corrected chi connectivity index (χ1v) is 9.76. The van der Waals surface area contributed by atoms with Crippen molar-refractivity contribution in [2.45, 2.75) is 38.3 Å². The van der Waals surface area contributed by atoms with E-state index in [1.165, 1.54) is 12.8 Å². The molecule has 146 valence electrons. The van der Waals surface area contributed by atoms with E-state index in [1.54, 1.807) is 14.2 Å². The zero-order valence-corrected chi connectivity index (χ0v) is 16.7. The molecular formula is C20H27N3O3S. The fourth-order valence-electron chi connectivity index (χ4n) is 3.60. The van der Waals surface area contributed by atoms with E-state index < -0.39 is 0 Å². The van der Waals surface area contributed by atoms with Gasteiger partial charge in [-0.3, -0.25) is 4.79 Å². The van der Waals surface area contributed by atoms with Crippen molar-refractivity contribution in [2.24, 2.45) is 0 Å². The van der Waals surface area contributed by atoms with E-state index in [0.29, 0.717) is 30.9 Å². The van der Waals surface area contributed by atoms with Crippen molar-refractivity contribution < 1.29 is 9.47 Å². The van der Waals surface area contributed by atoms with E-state index >= 15 is 0 Å². The minimum absolute atomic E-state index is 0.0848. The number of methoxy groups -OCH3 is 2. The topological polar surface area (TPSA) is 66.6 Å². The van der Waals surface area contributed by atoms with Crippen LogP contribution >= 0.6 is 12.2 Å². The summed E-state index contributed by atoms with van der Waals surface area (Å²) in [6.45, 7) is 1.75. The summed E-state index contributed by atoms with van der Waals surface area (Å²) in [4.78, 5) is 17.8. The lowest BCUT2D eigenvalue weighted by atomic mass is 10.1. The third kappa shape index (κ3) is 4.78. The fraction of sp³-hybridized carbons (Fsp3) is 0.500. The Morgan fingerprint density at radius 2 is 2.07 bits per heavy atom. The number of thiocarbonyl (C=S) groups is 1. The number of nitrogens with one attached hydrogen (secondary N) is 2. The van der Waals surface area contributed by atoms with Crippen LogP contribution in [0.2, 0.25) is 0 Å². The molecule has 1 aliphatic rings. The van der Waals surface area contributed by atoms with Gasteiger partial charge in [-0.05, 0) is 48.6 Å². The molecule has 0 bridgehead atoms. The van der Waals surface area contributed by atoms with Gasteiger partial charge in [-0.1, -0.05) is 12.8 Å². The molecule has 1 aliphatic carbocycles. The van der Waals surface area contributed by atoms with E-state index in [2.05, 4.69) is 15.2 Å². The fourth-order valence-corrected chi connectivity index (χ4v) is 3.91. The molecule has 0 atom stereocenters. The van der Waals surface area contributed by atoms with Gasteiger partial charge in [-0.15, -0.1) is 0 Å². The van der Waals surface area contributed by atoms with E-state index in [0.717, 1.165) is 35.1 Å². The van der Waals surface area contributed by atoms with E-state index in [4.69, 9.17) is 21.7 Å². The number of fused-ring (bicyclic) bond motifs is 1. The maximum atomic E-state index is 12.7. The summed E-state index contributed by atoms with van der Waals surface area (Å²) >= 11 is 5.63. The Bertz CT molecular complexity index is 846. The largest absolute Gasteiger partial charge is 0.497 e. The van der Waals surface area contributed by atoms with Gasteiger partial charge >= 0.3 is 0 Å². The molecule has 3 rings (SSSR count). The highest BCUT2D eigenvalue weighted by Crippen LogP contribution is 2.25. The van der Waals surface area contributed by atoms with Crippen molar-refractivity contribution in [3.8, 4) is 5.75 Å². The first-order chi connectivity index (χ1) is 13.1. The molecule has 1 fully saturated rings. The molecule has 0 radical (unpaired) electrons. The molecule has 1 aromatic carbocycles. The van der Waals surface area contributed by atoms with Gasteiger partial charge in [0.1, 0.15) is 5.75 Å². The number of aromatic amines is 1. The molecule has 0 spiro atoms. The molecule has 2 aromatic rings. The summed E-state index contributed by atoms with van der Waals surface area (Å²) in [5, 5.41) is 4.93. The molecule has 0 aliphatic heterocycles. The van der Waals surface area contributed by atoms with Crippen LogP contribution in [0.5, 0.6) is 5.75 Å². The number of ether oxygens (including phenoxy) is 2. The maximum Gasteiger partial charge on any atom is 0.253 e. The standard InChI is InChI=1S/C20H27N3O3S/c1-25-10-9-21-20(27)23(16-5-3-4-6-16)13-15-11-14-7-8-17(26-2)12-18(14)22-19(15)24/h7-8,11-12,16H,3-6,9-10,13H2,1-2H3,(H,21,27)(H,22,24). The Balaban J connectivity index is 1.84. The van der Waals surface area contributed by atoms with Crippen LogP contribution < -0.4 is 15.6 Å². The van der Waals surface area contributed by atoms with Crippen molar-refractivity contribution in [1.29, 1.82) is 0 Å². The van der Waals surface area contributed by atoms with Crippen molar-refractivity contribution >= 4 is 28.2 Å². The van der Waals surface area contributed by atoms with Crippen molar-refractivity contribution in [2.75, 3.05) is 27.4 Å². The van der Waals surface area contributed by atoms with Gasteiger partial charge < -0.3 is 24.7 Å². The second-order valence-corrected chi connectivity index (χ2v) is 7.25. The van der Waals surface area contributed by atoms with Crippen LogP contribution in [-0.2, 0) is 11.3 Å². The van der Waals surface area contributed by atoms with E-state index in [1.807, 2.05) is 24.3 Å². The Hall–Kier alpha value is -2.12. The first kappa shape index (κ1) is 19.6. The number of aromatic nitrogens is 1. The molecule has 27 heavy (non-hydrogen) atoms. The van der Waals surface area contributed by atoms with Gasteiger partial charge in [-0.2, -0.15) is 0 Å². The number of hydrogen-bond donors (Lipinski definition) is 2. The Kier molecular flexibility index (Phi) is 6.68. The Morgan fingerprint density at radius 3 is 2.78 bits per heavy atom. The van der Waals surface area contributed by atoms with Crippen LogP contribution in [0, 0.1) is 0 Å². The number of H-pyrrole nitrogens is 1. The number of benzene rings is 1. The van der Waals surface area contributed by atoms with Crippen LogP contribution in [0.25, 0.3) is 10.9 Å². The van der Waals surface area contributed by atoms with Gasteiger partial charge in [0.05, 0.1) is 25.8 Å². The highest BCUT2D eigenvalue weighted by Gasteiger charge is 2.25. The normalized spacial score (nSPS) is 14.4. The molecular weight excluding hydrogens is 362 g/mol. The molecule has 0 amide bonds. The average molecular weight is 390 g/mol. The molecule has 6 nitrogen and oxygen atoms in total. The summed E-state index contributed by atoms with van der Waals surface area (Å²) in [5.41, 5.74) is 1.41. The van der Waals surface area contributed by atoms with Gasteiger partial charge in [0.2, 0.25) is 0 Å². The van der Waals surface area contributed by atoms with Crippen molar-refractivity contribution in [1.82, 2.24) is 15.2 Å². The zero-order valence-electron chi connectivity index (χ0n) is 15.9. The number of nitrogens with zero attached hydrogens (tertiary/aromatic N) is 1. The monoisotopic (exact) mass is 389 g/mol. The van der Waals surface area contributed by atoms with E-state index in [-0.39, 0.29) is 5.56 Å². The Labute approximate surface area is 164 Å². The molecule has 1 heterocycles. The average Bonchev–Trinajstić information content (AvgIpc) is 3.20. The smallest absolute Gasteiger partial charge is 0.253 e. The summed E-state index contributed by atoms with van der Waals surface area (Å²) in [6.07, 6.45) is 4.62. The van der Waals surface area contributed by atoms with E-state index in [9.17, 15) is 4.79 Å². The lowest BCUT2D eigenvalue weighted by molar-refractivity contribution is 0.201. The third-order valence-corrected chi connectivity index (χ3v) is 5.46. The van der Waals surface area contributed by atoms with Crippen molar-refractivity contribution in [3.63, 3.8) is 0 Å². The highest BCUT2D eigenvalue weighted by atomic mass is 32.1. The molecule has 0 unspecified atom stereocenters. The van der Waals surface area contributed by atoms with Crippen LogP contribution in [0.1, 0.15) is 31.2 Å². The second kappa shape index (κ2) is 9.19. The predicted octanol–water partition coefficient (Wildman–Crippen LogP) is 2.80. The number of hydrogen-bond acceptors (Lipinski definition) is 4. The molecule has 7 heteroatoms. The number of pyridine rings is 1. The summed E-state index contributed by atoms with van der Waals surface area (Å²) in [6, 6.07) is 8.02. The summed E-state index contributed by atoms with van der Waals surface area (Å²) in [7, 11) is 3.29. The third-order valence-electron chi connectivity index (χ3n) is 5.08. The zero-order chi connectivity index (χ0) is 19.2. The summed E-state index contributed by atoms with van der Waals surface area (Å²) in [5.74, 6) is 0.724. The quantitative estimate of drug-likeness (QED) is 0.561. The lowest BCUT2D eigenvalue weighted by Crippen LogP contribution is -2.46. The molecule has 2 N–H and O–H groups in total. The van der Waals surface area contributed by atoms with Gasteiger partial charge in [0.25, 0.3) is 5.56 Å². The van der Waals surface area contributed by atoms with Crippen LogP contribution in [0.4, 0.5) is 0 Å². The van der Waals surface area contributed by atoms with Crippen LogP contribution in [0.15, 0.2) is 29.1 Å². The summed E-state index contributed by atoms with van der Waals surface area (Å²) < 4.78 is 10.3. The van der Waals surface area contributed by atoms with Gasteiger partial charge in [0, 0.05) is 31.3 Å². The maximum absolute atomic E-state index is 12.7. The Morgan fingerprint density at radius 1 is 1.30 bits per heavy atom. The minimum atomic E-state index is -0.0848. The molecule has 0 saturated heterocycles. The van der Waals surface area contributed by atoms with Gasteiger partial charge in [-0.25, -0.2) is 0 Å². The van der Waals surface area contributed by atoms with Crippen molar-refractivity contribution in [3.05, 3.63) is 40.2 Å². The first-order valence-electron chi connectivity index (χ1n) is 9.35. The predicted molar refractivity (Wildman–Crippen MR) is 111 cm³/mol. The SMILES string of the molecule is COCCNC(=S)N(Cc1cc2ccc(OC)cc2[nH]c1=O)C1CCCC1. The van der Waals surface area contributed by atoms with Crippen LogP contribution in [0.3, 0.4) is 0 Å². The molecule has 1 saturated carbocycles.